The molecule has 0 bridgehead atoms. The van der Waals surface area contributed by atoms with Crippen molar-refractivity contribution in [3.05, 3.63) is 75.7 Å². The molecule has 1 aliphatic carbocycles. The van der Waals surface area contributed by atoms with E-state index in [2.05, 4.69) is 0 Å². The number of fused-ring (bicyclic) bond motifs is 2. The van der Waals surface area contributed by atoms with Crippen molar-refractivity contribution in [1.82, 2.24) is 0 Å². The summed E-state index contributed by atoms with van der Waals surface area (Å²) in [7, 11) is 0. The minimum atomic E-state index is -0.921. The van der Waals surface area contributed by atoms with Crippen LogP contribution in [0.15, 0.2) is 63.3 Å². The van der Waals surface area contributed by atoms with Crippen LogP contribution >= 0.6 is 0 Å². The van der Waals surface area contributed by atoms with Crippen LogP contribution in [-0.2, 0) is 10.2 Å². The Bertz CT molecular complexity index is 1250. The van der Waals surface area contributed by atoms with E-state index in [1.807, 2.05) is 63.2 Å². The fourth-order valence-corrected chi connectivity index (χ4v) is 5.19. The Kier molecular flexibility index (Phi) is 6.05. The van der Waals surface area contributed by atoms with Crippen LogP contribution in [0, 0.1) is 0 Å². The highest BCUT2D eigenvalue weighted by Gasteiger charge is 2.49. The van der Waals surface area contributed by atoms with Crippen molar-refractivity contribution in [1.29, 1.82) is 0 Å². The van der Waals surface area contributed by atoms with Gasteiger partial charge in [-0.25, -0.2) is 0 Å². The van der Waals surface area contributed by atoms with Gasteiger partial charge in [0, 0.05) is 17.2 Å². The summed E-state index contributed by atoms with van der Waals surface area (Å²) in [5, 5.41) is 13.0. The van der Waals surface area contributed by atoms with Gasteiger partial charge in [0.2, 0.25) is 0 Å². The summed E-state index contributed by atoms with van der Waals surface area (Å²) in [4.78, 5) is 27.2. The summed E-state index contributed by atoms with van der Waals surface area (Å²) < 4.78 is 6.45. The number of aliphatic hydroxyl groups is 1. The molecule has 0 fully saturated rings. The smallest absolute Gasteiger partial charge is 0.196 e. The first-order valence-electron chi connectivity index (χ1n) is 11.6. The summed E-state index contributed by atoms with van der Waals surface area (Å²) in [6.45, 7) is 6.04. The van der Waals surface area contributed by atoms with Gasteiger partial charge < -0.3 is 9.52 Å². The van der Waals surface area contributed by atoms with Crippen molar-refractivity contribution in [2.24, 2.45) is 0 Å². The molecular formula is C28H30O4. The van der Waals surface area contributed by atoms with Gasteiger partial charge in [-0.05, 0) is 30.0 Å². The molecule has 32 heavy (non-hydrogen) atoms. The highest BCUT2D eigenvalue weighted by atomic mass is 16.3. The van der Waals surface area contributed by atoms with E-state index < -0.39 is 5.41 Å². The molecule has 4 nitrogen and oxygen atoms in total. The van der Waals surface area contributed by atoms with Gasteiger partial charge in [0.1, 0.15) is 22.8 Å². The number of allylic oxidation sites excluding steroid dienone is 1. The van der Waals surface area contributed by atoms with E-state index in [0.29, 0.717) is 42.8 Å². The average Bonchev–Trinajstić information content (AvgIpc) is 2.80. The molecule has 0 aliphatic heterocycles. The Hall–Kier alpha value is -3.14. The third-order valence-corrected chi connectivity index (χ3v) is 6.52. The van der Waals surface area contributed by atoms with Crippen molar-refractivity contribution < 1.29 is 14.3 Å². The predicted molar refractivity (Wildman–Crippen MR) is 129 cm³/mol. The Morgan fingerprint density at radius 3 is 2.28 bits per heavy atom. The molecular weight excluding hydrogens is 400 g/mol. The number of ketones is 1. The largest absolute Gasteiger partial charge is 0.507 e. The zero-order valence-electron chi connectivity index (χ0n) is 19.0. The summed E-state index contributed by atoms with van der Waals surface area (Å²) in [6.07, 6.45) is 3.86. The topological polar surface area (TPSA) is 67.5 Å². The van der Waals surface area contributed by atoms with Crippen LogP contribution in [0.2, 0.25) is 0 Å². The van der Waals surface area contributed by atoms with Crippen molar-refractivity contribution in [3.63, 3.8) is 0 Å². The van der Waals surface area contributed by atoms with Gasteiger partial charge in [0.05, 0.1) is 5.41 Å². The Morgan fingerprint density at radius 2 is 1.59 bits per heavy atom. The molecule has 0 spiro atoms. The third-order valence-electron chi connectivity index (χ3n) is 6.52. The van der Waals surface area contributed by atoms with E-state index in [4.69, 9.17) is 4.42 Å². The third kappa shape index (κ3) is 3.38. The second-order valence-corrected chi connectivity index (χ2v) is 8.69. The maximum absolute atomic E-state index is 13.8. The maximum atomic E-state index is 13.8. The number of carbonyl (C=O) groups is 1. The standard InChI is InChI=1S/C28H30O4/c1-4-10-21-25(30)24-22(29)17-23(20-14-9-12-18-11-7-8-13-19(18)20)32-27(24)28(15-5-2,16-6-3)26(21)31/h7-9,11-14,17,30H,4-6,10,15-16H2,1-3H3. The Morgan fingerprint density at radius 1 is 0.906 bits per heavy atom. The van der Waals surface area contributed by atoms with E-state index in [1.54, 1.807) is 0 Å². The lowest BCUT2D eigenvalue weighted by atomic mass is 9.66. The van der Waals surface area contributed by atoms with Crippen LogP contribution in [0.3, 0.4) is 0 Å². The molecule has 3 aromatic rings. The number of hydrogen-bond donors (Lipinski definition) is 1. The summed E-state index contributed by atoms with van der Waals surface area (Å²) in [5.41, 5.74) is 0.116. The van der Waals surface area contributed by atoms with Gasteiger partial charge in [0.15, 0.2) is 11.2 Å². The van der Waals surface area contributed by atoms with Gasteiger partial charge in [-0.3, -0.25) is 9.59 Å². The minimum Gasteiger partial charge on any atom is -0.507 e. The first-order chi connectivity index (χ1) is 15.5. The number of rotatable bonds is 7. The molecule has 166 valence electrons. The molecule has 1 N–H and O–H groups in total. The van der Waals surface area contributed by atoms with Gasteiger partial charge >= 0.3 is 0 Å². The van der Waals surface area contributed by atoms with E-state index in [-0.39, 0.29) is 22.5 Å². The summed E-state index contributed by atoms with van der Waals surface area (Å²) >= 11 is 0. The van der Waals surface area contributed by atoms with Crippen LogP contribution in [0.5, 0.6) is 0 Å². The predicted octanol–water partition coefficient (Wildman–Crippen LogP) is 6.95. The quantitative estimate of drug-likeness (QED) is 0.440. The minimum absolute atomic E-state index is 0.0914. The van der Waals surface area contributed by atoms with Gasteiger partial charge in [-0.15, -0.1) is 0 Å². The lowest BCUT2D eigenvalue weighted by molar-refractivity contribution is -0.122. The Balaban J connectivity index is 2.06. The van der Waals surface area contributed by atoms with E-state index in [9.17, 15) is 14.7 Å². The van der Waals surface area contributed by atoms with E-state index in [0.717, 1.165) is 29.2 Å². The molecule has 0 amide bonds. The molecule has 0 saturated heterocycles. The Labute approximate surface area is 188 Å². The van der Waals surface area contributed by atoms with E-state index in [1.165, 1.54) is 6.07 Å². The van der Waals surface area contributed by atoms with Gasteiger partial charge in [0.25, 0.3) is 0 Å². The second kappa shape index (κ2) is 8.78. The normalized spacial score (nSPS) is 15.3. The van der Waals surface area contributed by atoms with E-state index >= 15 is 0 Å². The van der Waals surface area contributed by atoms with Crippen molar-refractivity contribution in [3.8, 4) is 11.3 Å². The molecule has 0 unspecified atom stereocenters. The van der Waals surface area contributed by atoms with Crippen molar-refractivity contribution in [2.75, 3.05) is 0 Å². The van der Waals surface area contributed by atoms with Crippen molar-refractivity contribution in [2.45, 2.75) is 64.7 Å². The molecule has 0 atom stereocenters. The lowest BCUT2D eigenvalue weighted by Crippen LogP contribution is -2.42. The molecule has 1 aromatic heterocycles. The maximum Gasteiger partial charge on any atom is 0.196 e. The SMILES string of the molecule is CCCC1=C(O)c2c(oc(-c3cccc4ccccc34)cc2=O)C(CCC)(CCC)C1=O. The number of aliphatic hydroxyl groups excluding tert-OH is 1. The zero-order valence-corrected chi connectivity index (χ0v) is 19.0. The van der Waals surface area contributed by atoms with Crippen LogP contribution in [0.4, 0.5) is 0 Å². The highest BCUT2D eigenvalue weighted by molar-refractivity contribution is 6.10. The molecule has 0 saturated carbocycles. The van der Waals surface area contributed by atoms with Crippen LogP contribution in [-0.4, -0.2) is 10.9 Å². The van der Waals surface area contributed by atoms with Gasteiger partial charge in [-0.2, -0.15) is 0 Å². The second-order valence-electron chi connectivity index (χ2n) is 8.69. The fourth-order valence-electron chi connectivity index (χ4n) is 5.19. The molecule has 4 rings (SSSR count). The monoisotopic (exact) mass is 430 g/mol. The molecule has 1 heterocycles. The van der Waals surface area contributed by atoms with Crippen LogP contribution in [0.1, 0.15) is 70.6 Å². The fraction of sp³-hybridized carbons (Fsp3) is 0.357. The van der Waals surface area contributed by atoms with Crippen LogP contribution < -0.4 is 5.43 Å². The molecule has 4 heteroatoms. The van der Waals surface area contributed by atoms with Crippen molar-refractivity contribution >= 4 is 22.3 Å². The number of benzene rings is 2. The lowest BCUT2D eigenvalue weighted by Gasteiger charge is -2.36. The highest BCUT2D eigenvalue weighted by Crippen LogP contribution is 2.46. The van der Waals surface area contributed by atoms with Crippen LogP contribution in [0.25, 0.3) is 27.9 Å². The number of carbonyl (C=O) groups excluding carboxylic acids is 1. The first-order valence-corrected chi connectivity index (χ1v) is 11.6. The number of Topliss-reactive ketones (excluding diaryl/α,β-unsaturated/α-hetero) is 1. The number of hydrogen-bond acceptors (Lipinski definition) is 4. The average molecular weight is 431 g/mol. The molecule has 2 aromatic carbocycles. The molecule has 0 radical (unpaired) electrons. The summed E-state index contributed by atoms with van der Waals surface area (Å²) in [6, 6.07) is 15.3. The molecule has 1 aliphatic rings. The van der Waals surface area contributed by atoms with Gasteiger partial charge in [-0.1, -0.05) is 82.5 Å². The zero-order chi connectivity index (χ0) is 22.9. The summed E-state index contributed by atoms with van der Waals surface area (Å²) in [5.74, 6) is 0.472. The first kappa shape index (κ1) is 22.1.